The fraction of sp³-hybridized carbons (Fsp3) is 0.577. The molecule has 1 aliphatic heterocycles. The van der Waals surface area contributed by atoms with E-state index >= 15 is 0 Å². The van der Waals surface area contributed by atoms with Crippen molar-refractivity contribution >= 4 is 34.3 Å². The third-order valence-electron chi connectivity index (χ3n) is 7.26. The lowest BCUT2D eigenvalue weighted by Crippen LogP contribution is -2.58. The minimum Gasteiger partial charge on any atom is -0.395 e. The molecule has 3 amide bonds. The van der Waals surface area contributed by atoms with Crippen LogP contribution in [0, 0.1) is 5.92 Å². The Morgan fingerprint density at radius 3 is 2.53 bits per heavy atom. The predicted molar refractivity (Wildman–Crippen MR) is 141 cm³/mol. The number of likely N-dealkylation sites (tertiary alicyclic amines) is 1. The maximum absolute atomic E-state index is 13.8. The lowest BCUT2D eigenvalue weighted by Gasteiger charge is -2.35. The number of hydrogen-bond donors (Lipinski definition) is 5. The molecule has 2 fully saturated rings. The summed E-state index contributed by atoms with van der Waals surface area (Å²) in [6, 6.07) is 8.06. The van der Waals surface area contributed by atoms with Crippen molar-refractivity contribution in [2.75, 3.05) is 25.0 Å². The van der Waals surface area contributed by atoms with E-state index in [-0.39, 0.29) is 30.2 Å². The molecule has 1 saturated heterocycles. The second-order valence-electron chi connectivity index (χ2n) is 9.74. The summed E-state index contributed by atoms with van der Waals surface area (Å²) in [5.41, 5.74) is 1.87. The number of H-pyrrole nitrogens is 1. The van der Waals surface area contributed by atoms with Crippen LogP contribution in [-0.2, 0) is 14.4 Å². The molecule has 0 bridgehead atoms. The van der Waals surface area contributed by atoms with Gasteiger partial charge in [0.05, 0.1) is 18.3 Å². The van der Waals surface area contributed by atoms with Crippen LogP contribution in [0.25, 0.3) is 11.3 Å². The number of aromatic nitrogens is 1. The Balaban J connectivity index is 1.45. The number of aromatic amines is 1. The standard InChI is InChI=1S/C26H37N5O4S/c1-17(27-14-16-32)23(33)28-22(19-11-6-3-7-12-19)26(35)31-15-8-13-20(31)24(34)29-25-21(30-36-25)18-9-4-2-5-10-18/h2,4-5,9-10,17,19-20,22,27,30,32H,3,6-8,11-16H2,1H3,(H,28,33)(H,29,34)/t17-,20-,22-/m0/s1. The predicted octanol–water partition coefficient (Wildman–Crippen LogP) is 2.71. The highest BCUT2D eigenvalue weighted by atomic mass is 32.1. The van der Waals surface area contributed by atoms with Gasteiger partial charge in [-0.25, -0.2) is 0 Å². The first kappa shape index (κ1) is 26.4. The van der Waals surface area contributed by atoms with Crippen LogP contribution in [-0.4, -0.2) is 69.9 Å². The molecule has 1 aromatic carbocycles. The van der Waals surface area contributed by atoms with Gasteiger partial charge in [-0.15, -0.1) is 0 Å². The van der Waals surface area contributed by atoms with E-state index in [4.69, 9.17) is 5.11 Å². The van der Waals surface area contributed by atoms with Crippen LogP contribution in [0.4, 0.5) is 5.00 Å². The molecule has 4 rings (SSSR count). The Labute approximate surface area is 216 Å². The minimum absolute atomic E-state index is 0.0586. The molecular weight excluding hydrogens is 478 g/mol. The maximum Gasteiger partial charge on any atom is 0.247 e. The van der Waals surface area contributed by atoms with Crippen molar-refractivity contribution in [2.45, 2.75) is 70.0 Å². The van der Waals surface area contributed by atoms with Gasteiger partial charge >= 0.3 is 0 Å². The van der Waals surface area contributed by atoms with Crippen molar-refractivity contribution in [3.63, 3.8) is 0 Å². The van der Waals surface area contributed by atoms with Crippen LogP contribution < -0.4 is 16.0 Å². The van der Waals surface area contributed by atoms with E-state index < -0.39 is 18.1 Å². The molecular formula is C26H37N5O4S. The van der Waals surface area contributed by atoms with Crippen molar-refractivity contribution in [3.05, 3.63) is 30.3 Å². The third-order valence-corrected chi connectivity index (χ3v) is 8.08. The molecule has 3 atom stereocenters. The quantitative estimate of drug-likeness (QED) is 0.333. The van der Waals surface area contributed by atoms with Crippen LogP contribution in [0.2, 0.25) is 0 Å². The molecule has 0 spiro atoms. The second-order valence-corrected chi connectivity index (χ2v) is 10.6. The molecule has 1 saturated carbocycles. The molecule has 2 aliphatic rings. The molecule has 0 radical (unpaired) electrons. The van der Waals surface area contributed by atoms with Crippen LogP contribution >= 0.6 is 11.5 Å². The van der Waals surface area contributed by atoms with Crippen LogP contribution in [0.1, 0.15) is 51.9 Å². The fourth-order valence-corrected chi connectivity index (χ4v) is 5.91. The highest BCUT2D eigenvalue weighted by Gasteiger charge is 2.41. The molecule has 9 nitrogen and oxygen atoms in total. The minimum atomic E-state index is -0.650. The number of rotatable bonds is 10. The van der Waals surface area contributed by atoms with E-state index in [2.05, 4.69) is 20.3 Å². The first-order valence-electron chi connectivity index (χ1n) is 13.0. The Hall–Kier alpha value is -2.69. The Morgan fingerprint density at radius 1 is 1.11 bits per heavy atom. The van der Waals surface area contributed by atoms with E-state index in [9.17, 15) is 14.4 Å². The number of benzene rings is 1. The number of carbonyl (C=O) groups excluding carboxylic acids is 3. The van der Waals surface area contributed by atoms with Crippen molar-refractivity contribution in [3.8, 4) is 11.3 Å². The van der Waals surface area contributed by atoms with Gasteiger partial charge in [-0.2, -0.15) is 0 Å². The monoisotopic (exact) mass is 515 g/mol. The number of aliphatic hydroxyl groups excluding tert-OH is 1. The Morgan fingerprint density at radius 2 is 1.86 bits per heavy atom. The third kappa shape index (κ3) is 6.16. The summed E-state index contributed by atoms with van der Waals surface area (Å²) in [4.78, 5) is 41.7. The lowest BCUT2D eigenvalue weighted by atomic mass is 9.83. The molecule has 2 aromatic rings. The number of amides is 3. The van der Waals surface area contributed by atoms with Gasteiger partial charge in [0, 0.05) is 18.7 Å². The highest BCUT2D eigenvalue weighted by Crippen LogP contribution is 2.34. The SMILES string of the molecule is C[C@H](NCCO)C(=O)N[C@H](C(=O)N1CCC[C@H]1C(=O)Nc1s[nH]c1-c1ccccc1)C1CCCCC1. The Kier molecular flexibility index (Phi) is 9.17. The molecule has 1 aromatic heterocycles. The van der Waals surface area contributed by atoms with Crippen LogP contribution in [0.15, 0.2) is 30.3 Å². The summed E-state index contributed by atoms with van der Waals surface area (Å²) in [6.45, 7) is 2.47. The molecule has 196 valence electrons. The largest absolute Gasteiger partial charge is 0.395 e. The second kappa shape index (κ2) is 12.5. The van der Waals surface area contributed by atoms with E-state index in [1.54, 1.807) is 11.8 Å². The van der Waals surface area contributed by atoms with Gasteiger partial charge < -0.3 is 30.3 Å². The van der Waals surface area contributed by atoms with Gasteiger partial charge in [-0.05, 0) is 50.1 Å². The maximum atomic E-state index is 13.8. The topological polar surface area (TPSA) is 127 Å². The normalized spacial score (nSPS) is 20.2. The molecule has 1 aliphatic carbocycles. The summed E-state index contributed by atoms with van der Waals surface area (Å²) in [5, 5.41) is 18.8. The molecule has 10 heteroatoms. The molecule has 36 heavy (non-hydrogen) atoms. The molecule has 0 unspecified atom stereocenters. The van der Waals surface area contributed by atoms with Crippen LogP contribution in [0.3, 0.4) is 0 Å². The summed E-state index contributed by atoms with van der Waals surface area (Å²) in [7, 11) is 0. The zero-order chi connectivity index (χ0) is 25.5. The summed E-state index contributed by atoms with van der Waals surface area (Å²) in [5.74, 6) is -0.561. The van der Waals surface area contributed by atoms with Gasteiger partial charge in [0.1, 0.15) is 17.1 Å². The van der Waals surface area contributed by atoms with E-state index in [0.29, 0.717) is 19.5 Å². The van der Waals surface area contributed by atoms with E-state index in [1.807, 2.05) is 30.3 Å². The summed E-state index contributed by atoms with van der Waals surface area (Å²) >= 11 is 1.36. The summed E-state index contributed by atoms with van der Waals surface area (Å²) < 4.78 is 3.18. The molecule has 5 N–H and O–H groups in total. The average molecular weight is 516 g/mol. The number of nitrogens with zero attached hydrogens (tertiary/aromatic N) is 1. The average Bonchev–Trinajstić information content (AvgIpc) is 3.39. The molecule has 2 heterocycles. The summed E-state index contributed by atoms with van der Waals surface area (Å²) in [6.07, 6.45) is 6.33. The van der Waals surface area contributed by atoms with Crippen molar-refractivity contribution in [2.24, 2.45) is 5.92 Å². The number of nitrogens with one attached hydrogen (secondary N) is 4. The van der Waals surface area contributed by atoms with Gasteiger partial charge in [0.15, 0.2) is 0 Å². The zero-order valence-corrected chi connectivity index (χ0v) is 21.6. The number of hydrogen-bond acceptors (Lipinski definition) is 6. The van der Waals surface area contributed by atoms with Gasteiger partial charge in [-0.3, -0.25) is 14.4 Å². The van der Waals surface area contributed by atoms with Crippen molar-refractivity contribution < 1.29 is 19.5 Å². The van der Waals surface area contributed by atoms with Gasteiger partial charge in [0.25, 0.3) is 0 Å². The number of carbonyl (C=O) groups is 3. The van der Waals surface area contributed by atoms with E-state index in [1.165, 1.54) is 11.5 Å². The Bertz CT molecular complexity index is 1020. The van der Waals surface area contributed by atoms with E-state index in [0.717, 1.165) is 54.8 Å². The first-order chi connectivity index (χ1) is 17.5. The van der Waals surface area contributed by atoms with Crippen molar-refractivity contribution in [1.82, 2.24) is 19.9 Å². The van der Waals surface area contributed by atoms with Crippen LogP contribution in [0.5, 0.6) is 0 Å². The fourth-order valence-electron chi connectivity index (χ4n) is 5.21. The lowest BCUT2D eigenvalue weighted by molar-refractivity contribution is -0.142. The highest BCUT2D eigenvalue weighted by molar-refractivity contribution is 7.12. The number of anilines is 1. The van der Waals surface area contributed by atoms with Crippen molar-refractivity contribution in [1.29, 1.82) is 0 Å². The zero-order valence-electron chi connectivity index (χ0n) is 20.8. The smallest absolute Gasteiger partial charge is 0.247 e. The van der Waals surface area contributed by atoms with Gasteiger partial charge in [-0.1, -0.05) is 49.6 Å². The first-order valence-corrected chi connectivity index (χ1v) is 13.8. The number of aliphatic hydroxyl groups is 1. The van der Waals surface area contributed by atoms with Gasteiger partial charge in [0.2, 0.25) is 17.7 Å².